The summed E-state index contributed by atoms with van der Waals surface area (Å²) in [6.45, 7) is 5.99. The monoisotopic (exact) mass is 1010 g/mol. The number of amides is 4. The van der Waals surface area contributed by atoms with Crippen LogP contribution in [0.3, 0.4) is 0 Å². The van der Waals surface area contributed by atoms with Gasteiger partial charge in [0.1, 0.15) is 19.3 Å². The van der Waals surface area contributed by atoms with Gasteiger partial charge in [0.05, 0.1) is 117 Å². The lowest BCUT2D eigenvalue weighted by Gasteiger charge is -2.19. The van der Waals surface area contributed by atoms with Crippen LogP contribution < -0.4 is 37.6 Å². The minimum absolute atomic E-state index is 0.00445. The Bertz CT molecular complexity index is 2210. The molecule has 396 valence electrons. The SMILES string of the molecule is CN(Cc1cnc2nc(N)nc(N)c2n1)c1ccc(C(=O)N[C@@H](CCC(=O)NCCOCCOCCOCCOCCOCCOCCOCCNC(=O)COCC(=O)NCCc2cnc[nH]2)C(=O)O)cc1. The number of carbonyl (C=O) groups excluding carboxylic acids is 4. The van der Waals surface area contributed by atoms with Gasteiger partial charge < -0.3 is 85.6 Å². The van der Waals surface area contributed by atoms with E-state index in [1.54, 1.807) is 43.0 Å². The van der Waals surface area contributed by atoms with E-state index >= 15 is 0 Å². The van der Waals surface area contributed by atoms with Gasteiger partial charge in [0.15, 0.2) is 17.0 Å². The van der Waals surface area contributed by atoms with Crippen LogP contribution in [0.5, 0.6) is 0 Å². The number of carboxylic acids is 1. The molecule has 0 aliphatic carbocycles. The number of rotatable bonds is 40. The maximum atomic E-state index is 12.9. The number of nitrogens with two attached hydrogens (primary N) is 2. The molecule has 3 heterocycles. The van der Waals surface area contributed by atoms with Crippen molar-refractivity contribution in [2.45, 2.75) is 31.8 Å². The lowest BCUT2D eigenvalue weighted by Crippen LogP contribution is -2.41. The van der Waals surface area contributed by atoms with Gasteiger partial charge in [-0.2, -0.15) is 9.97 Å². The van der Waals surface area contributed by atoms with E-state index < -0.39 is 17.9 Å². The third-order valence-electron chi connectivity index (χ3n) is 9.84. The minimum atomic E-state index is -1.28. The van der Waals surface area contributed by atoms with Gasteiger partial charge >= 0.3 is 5.97 Å². The molecule has 1 aromatic carbocycles. The highest BCUT2D eigenvalue weighted by atomic mass is 16.6. The number of aliphatic carboxylic acids is 1. The number of aromatic nitrogens is 6. The van der Waals surface area contributed by atoms with Crippen molar-refractivity contribution in [2.75, 3.05) is 149 Å². The van der Waals surface area contributed by atoms with Crippen LogP contribution in [0, 0.1) is 0 Å². The highest BCUT2D eigenvalue weighted by Gasteiger charge is 2.22. The van der Waals surface area contributed by atoms with Crippen molar-refractivity contribution in [1.82, 2.24) is 51.2 Å². The molecule has 1 atom stereocenters. The number of ether oxygens (including phenoxy) is 8. The molecule has 0 fully saturated rings. The van der Waals surface area contributed by atoms with Crippen LogP contribution in [0.2, 0.25) is 0 Å². The molecule has 0 aliphatic heterocycles. The number of aromatic amines is 1. The summed E-state index contributed by atoms with van der Waals surface area (Å²) in [5.41, 5.74) is 14.7. The summed E-state index contributed by atoms with van der Waals surface area (Å²) >= 11 is 0. The maximum Gasteiger partial charge on any atom is 0.326 e. The lowest BCUT2D eigenvalue weighted by atomic mass is 10.1. The van der Waals surface area contributed by atoms with E-state index in [4.69, 9.17) is 49.4 Å². The van der Waals surface area contributed by atoms with Crippen LogP contribution in [0.25, 0.3) is 11.2 Å². The number of nitrogens with one attached hydrogen (secondary N) is 5. The summed E-state index contributed by atoms with van der Waals surface area (Å²) in [6, 6.07) is 5.29. The third kappa shape index (κ3) is 24.4. The third-order valence-corrected chi connectivity index (χ3v) is 9.84. The first-order chi connectivity index (χ1) is 35.0. The Morgan fingerprint density at radius 3 is 1.72 bits per heavy atom. The molecule has 0 unspecified atom stereocenters. The number of carboxylic acid groups (broad SMARTS) is 1. The molecule has 27 nitrogen and oxygen atoms in total. The molecule has 3 aromatic heterocycles. The number of nitrogens with zero attached hydrogens (tertiary/aromatic N) is 6. The quantitative estimate of drug-likeness (QED) is 0.0238. The van der Waals surface area contributed by atoms with Gasteiger partial charge in [-0.15, -0.1) is 0 Å². The summed E-state index contributed by atoms with van der Waals surface area (Å²) in [6.07, 6.45) is 5.21. The number of imidazole rings is 1. The van der Waals surface area contributed by atoms with Crippen LogP contribution in [0.4, 0.5) is 17.5 Å². The van der Waals surface area contributed by atoms with Crippen molar-refractivity contribution >= 4 is 58.2 Å². The smallest absolute Gasteiger partial charge is 0.326 e. The molecule has 0 aliphatic rings. The molecule has 10 N–H and O–H groups in total. The summed E-state index contributed by atoms with van der Waals surface area (Å²) < 4.78 is 43.4. The number of fused-ring (bicyclic) bond motifs is 1. The first-order valence-corrected chi connectivity index (χ1v) is 23.3. The number of carbonyl (C=O) groups is 5. The molecule has 0 saturated carbocycles. The Morgan fingerprint density at radius 1 is 0.667 bits per heavy atom. The number of hydrogen-bond donors (Lipinski definition) is 8. The number of anilines is 3. The lowest BCUT2D eigenvalue weighted by molar-refractivity contribution is -0.139. The molecular weight excluding hydrogens is 947 g/mol. The van der Waals surface area contributed by atoms with Gasteiger partial charge in [-0.05, 0) is 30.7 Å². The molecule has 0 radical (unpaired) electrons. The highest BCUT2D eigenvalue weighted by Crippen LogP contribution is 2.19. The second-order valence-electron chi connectivity index (χ2n) is 15.5. The van der Waals surface area contributed by atoms with Crippen molar-refractivity contribution in [2.24, 2.45) is 0 Å². The summed E-state index contributed by atoms with van der Waals surface area (Å²) in [5.74, 6) is -2.75. The predicted molar refractivity (Wildman–Crippen MR) is 258 cm³/mol. The second kappa shape index (κ2) is 34.6. The van der Waals surface area contributed by atoms with Crippen LogP contribution in [0.1, 0.15) is 34.6 Å². The molecule has 4 aromatic rings. The van der Waals surface area contributed by atoms with Gasteiger partial charge in [-0.1, -0.05) is 0 Å². The highest BCUT2D eigenvalue weighted by molar-refractivity contribution is 5.97. The first kappa shape index (κ1) is 57.9. The van der Waals surface area contributed by atoms with Crippen LogP contribution >= 0.6 is 0 Å². The largest absolute Gasteiger partial charge is 0.480 e. The summed E-state index contributed by atoms with van der Waals surface area (Å²) in [7, 11) is 1.83. The zero-order chi connectivity index (χ0) is 51.6. The van der Waals surface area contributed by atoms with Gasteiger partial charge in [0.2, 0.25) is 23.7 Å². The van der Waals surface area contributed by atoms with Gasteiger partial charge in [0, 0.05) is 62.7 Å². The Kier molecular flexibility index (Phi) is 27.8. The topological polar surface area (TPSA) is 363 Å². The molecule has 0 saturated heterocycles. The molecular formula is C45H67N13O14. The Labute approximate surface area is 416 Å². The van der Waals surface area contributed by atoms with Crippen LogP contribution in [0.15, 0.2) is 43.0 Å². The standard InChI is InChI=1S/C45H67N13O14/c1-58(28-34-27-52-42-40(54-34)41(46)56-45(47)57-42)35-4-2-32(3-5-35)43(62)55-36(44(63)64)6-7-37(59)50-10-12-65-14-16-67-18-20-69-22-24-71-25-23-70-21-19-68-17-15-66-13-11-51-39(61)30-72-29-38(60)49-9-8-33-26-48-31-53-33/h2-5,26-27,31,36H,6-25,28-30H2,1H3,(H,48,53)(H,49,60)(H,50,59)(H,51,61)(H,55,62)(H,63,64)(H4,46,47,52,56,57)/t36-/m0/s1. The van der Waals surface area contributed by atoms with Crippen LogP contribution in [-0.2, 0) is 70.0 Å². The summed E-state index contributed by atoms with van der Waals surface area (Å²) in [5, 5.41) is 20.2. The fourth-order valence-electron chi connectivity index (χ4n) is 6.17. The average Bonchev–Trinajstić information content (AvgIpc) is 3.89. The van der Waals surface area contributed by atoms with Crippen molar-refractivity contribution in [1.29, 1.82) is 0 Å². The van der Waals surface area contributed by atoms with E-state index in [9.17, 15) is 29.1 Å². The van der Waals surface area contributed by atoms with Crippen molar-refractivity contribution in [3.8, 4) is 0 Å². The second-order valence-corrected chi connectivity index (χ2v) is 15.5. The number of benzene rings is 1. The van der Waals surface area contributed by atoms with Crippen LogP contribution in [-0.4, -0.2) is 203 Å². The van der Waals surface area contributed by atoms with E-state index in [1.807, 2.05) is 11.9 Å². The van der Waals surface area contributed by atoms with E-state index in [2.05, 4.69) is 51.2 Å². The normalized spacial score (nSPS) is 11.6. The van der Waals surface area contributed by atoms with Crippen molar-refractivity contribution in [3.05, 3.63) is 59.9 Å². The average molecular weight is 1010 g/mol. The number of nitrogen functional groups attached to an aromatic ring is 2. The Hall–Kier alpha value is -6.72. The van der Waals surface area contributed by atoms with E-state index in [0.29, 0.717) is 123 Å². The van der Waals surface area contributed by atoms with Crippen molar-refractivity contribution in [3.63, 3.8) is 0 Å². The number of hydrogen-bond acceptors (Lipinski definition) is 21. The zero-order valence-corrected chi connectivity index (χ0v) is 40.5. The predicted octanol–water partition coefficient (Wildman–Crippen LogP) is -1.37. The molecule has 0 bridgehead atoms. The molecule has 27 heteroatoms. The van der Waals surface area contributed by atoms with Crippen molar-refractivity contribution < 1.29 is 67.0 Å². The molecule has 72 heavy (non-hydrogen) atoms. The van der Waals surface area contributed by atoms with Gasteiger partial charge in [-0.3, -0.25) is 19.2 Å². The Balaban J connectivity index is 0.865. The molecule has 0 spiro atoms. The fraction of sp³-hybridized carbons (Fsp3) is 0.556. The molecule has 4 amide bonds. The minimum Gasteiger partial charge on any atom is -0.480 e. The van der Waals surface area contributed by atoms with Gasteiger partial charge in [-0.25, -0.2) is 19.7 Å². The van der Waals surface area contributed by atoms with Gasteiger partial charge in [0.25, 0.3) is 5.91 Å². The number of H-pyrrole nitrogens is 1. The fourth-order valence-corrected chi connectivity index (χ4v) is 6.17. The molecule has 4 rings (SSSR count). The first-order valence-electron chi connectivity index (χ1n) is 23.3. The Morgan fingerprint density at radius 2 is 1.19 bits per heavy atom. The van der Waals surface area contributed by atoms with E-state index in [-0.39, 0.29) is 79.9 Å². The zero-order valence-electron chi connectivity index (χ0n) is 40.5. The summed E-state index contributed by atoms with van der Waals surface area (Å²) in [4.78, 5) is 86.2. The van der Waals surface area contributed by atoms with E-state index in [0.717, 1.165) is 11.4 Å². The maximum absolute atomic E-state index is 12.9. The van der Waals surface area contributed by atoms with E-state index in [1.165, 1.54) is 0 Å².